The Bertz CT molecular complexity index is 1030. The Hall–Kier alpha value is -2.86. The summed E-state index contributed by atoms with van der Waals surface area (Å²) in [5.74, 6) is 0.255. The van der Waals surface area contributed by atoms with Crippen LogP contribution < -0.4 is 4.90 Å². The number of hydrogen-bond donors (Lipinski definition) is 0. The van der Waals surface area contributed by atoms with Crippen LogP contribution in [-0.4, -0.2) is 52.1 Å². The minimum absolute atomic E-state index is 0.0734. The Kier molecular flexibility index (Phi) is 6.01. The predicted molar refractivity (Wildman–Crippen MR) is 122 cm³/mol. The van der Waals surface area contributed by atoms with Gasteiger partial charge in [-0.25, -0.2) is 0 Å². The van der Waals surface area contributed by atoms with Crippen molar-refractivity contribution in [1.82, 2.24) is 14.9 Å². The third-order valence-corrected chi connectivity index (χ3v) is 6.54. The molecule has 2 aromatic heterocycles. The molecule has 6 nitrogen and oxygen atoms in total. The number of ketones is 2. The molecule has 0 N–H and O–H groups in total. The van der Waals surface area contributed by atoms with Crippen molar-refractivity contribution in [2.24, 2.45) is 0 Å². The van der Waals surface area contributed by atoms with Gasteiger partial charge in [-0.2, -0.15) is 0 Å². The second kappa shape index (κ2) is 8.71. The van der Waals surface area contributed by atoms with Crippen LogP contribution in [0.1, 0.15) is 67.5 Å². The molecule has 31 heavy (non-hydrogen) atoms. The molecule has 2 aromatic rings. The van der Waals surface area contributed by atoms with E-state index in [4.69, 9.17) is 0 Å². The number of carbonyl (C=O) groups excluding carboxylic acids is 2. The number of rotatable bonds is 5. The number of aromatic nitrogens is 2. The molecule has 1 aliphatic carbocycles. The quantitative estimate of drug-likeness (QED) is 0.687. The van der Waals surface area contributed by atoms with Gasteiger partial charge in [-0.3, -0.25) is 24.5 Å². The largest absolute Gasteiger partial charge is 0.365 e. The molecule has 3 heterocycles. The zero-order chi connectivity index (χ0) is 22.1. The summed E-state index contributed by atoms with van der Waals surface area (Å²) in [5.41, 5.74) is 5.48. The highest BCUT2D eigenvalue weighted by Gasteiger charge is 2.28. The number of fused-ring (bicyclic) bond motifs is 1. The van der Waals surface area contributed by atoms with Gasteiger partial charge < -0.3 is 4.90 Å². The lowest BCUT2D eigenvalue weighted by Gasteiger charge is -2.43. The van der Waals surface area contributed by atoms with Gasteiger partial charge >= 0.3 is 0 Å². The highest BCUT2D eigenvalue weighted by Crippen LogP contribution is 2.29. The summed E-state index contributed by atoms with van der Waals surface area (Å²) in [5, 5.41) is 0. The summed E-state index contributed by atoms with van der Waals surface area (Å²) in [6.07, 6.45) is 6.58. The third-order valence-electron chi connectivity index (χ3n) is 6.54. The number of anilines is 1. The van der Waals surface area contributed by atoms with Crippen molar-refractivity contribution in [2.75, 3.05) is 24.5 Å². The summed E-state index contributed by atoms with van der Waals surface area (Å²) in [4.78, 5) is 37.7. The topological polar surface area (TPSA) is 66.4 Å². The second-order valence-corrected chi connectivity index (χ2v) is 8.63. The molecule has 1 fully saturated rings. The Balaban J connectivity index is 1.45. The van der Waals surface area contributed by atoms with Gasteiger partial charge in [-0.05, 0) is 55.7 Å². The Morgan fingerprint density at radius 3 is 2.71 bits per heavy atom. The molecule has 2 atom stereocenters. The lowest BCUT2D eigenvalue weighted by Crippen LogP contribution is -2.52. The lowest BCUT2D eigenvalue weighted by molar-refractivity contribution is -0.114. The molecular weight excluding hydrogens is 388 g/mol. The molecule has 0 saturated carbocycles. The molecule has 0 amide bonds. The Labute approximate surface area is 184 Å². The zero-order valence-corrected chi connectivity index (χ0v) is 18.8. The number of allylic oxidation sites excluding steroid dienone is 1. The number of pyridine rings is 2. The van der Waals surface area contributed by atoms with Crippen molar-refractivity contribution in [3.05, 3.63) is 58.7 Å². The zero-order valence-electron chi connectivity index (χ0n) is 18.8. The van der Waals surface area contributed by atoms with Crippen LogP contribution in [0, 0.1) is 0 Å². The fourth-order valence-electron chi connectivity index (χ4n) is 4.47. The van der Waals surface area contributed by atoms with E-state index in [0.29, 0.717) is 24.6 Å². The van der Waals surface area contributed by atoms with E-state index >= 15 is 0 Å². The van der Waals surface area contributed by atoms with E-state index in [1.54, 1.807) is 0 Å². The van der Waals surface area contributed by atoms with Crippen LogP contribution in [0.25, 0.3) is 6.08 Å². The molecule has 1 aliphatic heterocycles. The third kappa shape index (κ3) is 4.30. The number of hydrogen-bond acceptors (Lipinski definition) is 6. The highest BCUT2D eigenvalue weighted by molar-refractivity contribution is 6.02. The van der Waals surface area contributed by atoms with E-state index in [-0.39, 0.29) is 17.6 Å². The van der Waals surface area contributed by atoms with Gasteiger partial charge in [0.25, 0.3) is 0 Å². The SMILES string of the molecule is CCC(=O)c1ccc(N2CCN([C@@H](C)c3cnc4c(c3)CC(=O)C(C)=C4)C[C@H]2C)cn1. The van der Waals surface area contributed by atoms with Gasteiger partial charge in [-0.1, -0.05) is 13.0 Å². The van der Waals surface area contributed by atoms with E-state index in [0.717, 1.165) is 47.7 Å². The first kappa shape index (κ1) is 21.4. The Morgan fingerprint density at radius 2 is 2.03 bits per heavy atom. The molecule has 0 aromatic carbocycles. The maximum absolute atomic E-state index is 12.1. The fourth-order valence-corrected chi connectivity index (χ4v) is 4.47. The Morgan fingerprint density at radius 1 is 1.23 bits per heavy atom. The summed E-state index contributed by atoms with van der Waals surface area (Å²) in [6, 6.07) is 6.54. The smallest absolute Gasteiger partial charge is 0.180 e. The molecule has 0 unspecified atom stereocenters. The molecule has 0 radical (unpaired) electrons. The van der Waals surface area contributed by atoms with Crippen molar-refractivity contribution in [3.8, 4) is 0 Å². The van der Waals surface area contributed by atoms with Gasteiger partial charge in [0.05, 0.1) is 17.6 Å². The van der Waals surface area contributed by atoms with Crippen molar-refractivity contribution in [1.29, 1.82) is 0 Å². The highest BCUT2D eigenvalue weighted by atomic mass is 16.1. The first-order valence-corrected chi connectivity index (χ1v) is 11.1. The van der Waals surface area contributed by atoms with Crippen molar-refractivity contribution in [3.63, 3.8) is 0 Å². The van der Waals surface area contributed by atoms with Crippen molar-refractivity contribution >= 4 is 23.3 Å². The van der Waals surface area contributed by atoms with Crippen LogP contribution in [0.4, 0.5) is 5.69 Å². The minimum Gasteiger partial charge on any atom is -0.365 e. The summed E-state index contributed by atoms with van der Waals surface area (Å²) in [7, 11) is 0. The maximum Gasteiger partial charge on any atom is 0.180 e. The normalized spacial score (nSPS) is 20.3. The van der Waals surface area contributed by atoms with Gasteiger partial charge in [-0.15, -0.1) is 0 Å². The average Bonchev–Trinajstić information content (AvgIpc) is 2.78. The van der Waals surface area contributed by atoms with Gasteiger partial charge in [0.15, 0.2) is 11.6 Å². The standard InChI is InChI=1S/C25H30N4O2/c1-5-24(30)22-7-6-21(14-27-22)29-9-8-28(15-17(29)3)18(4)20-11-19-12-25(31)16(2)10-23(19)26-13-20/h6-7,10-11,13-14,17-18H,5,8-9,12,15H2,1-4H3/t17-,18+/m1/s1. The van der Waals surface area contributed by atoms with Gasteiger partial charge in [0.2, 0.25) is 0 Å². The first-order chi connectivity index (χ1) is 14.9. The lowest BCUT2D eigenvalue weighted by atomic mass is 9.93. The number of carbonyl (C=O) groups is 2. The van der Waals surface area contributed by atoms with E-state index in [1.807, 2.05) is 44.4 Å². The van der Waals surface area contributed by atoms with Crippen LogP contribution in [0.5, 0.6) is 0 Å². The van der Waals surface area contributed by atoms with E-state index in [1.165, 1.54) is 0 Å². The summed E-state index contributed by atoms with van der Waals surface area (Å²) < 4.78 is 0. The van der Waals surface area contributed by atoms with Crippen LogP contribution in [0.3, 0.4) is 0 Å². The number of piperazine rings is 1. The maximum atomic E-state index is 12.1. The molecular formula is C25H30N4O2. The summed E-state index contributed by atoms with van der Waals surface area (Å²) >= 11 is 0. The average molecular weight is 419 g/mol. The molecule has 0 spiro atoms. The second-order valence-electron chi connectivity index (χ2n) is 8.63. The van der Waals surface area contributed by atoms with Crippen LogP contribution in [0.2, 0.25) is 0 Å². The monoisotopic (exact) mass is 418 g/mol. The van der Waals surface area contributed by atoms with Gasteiger partial charge in [0.1, 0.15) is 5.69 Å². The molecule has 1 saturated heterocycles. The predicted octanol–water partition coefficient (Wildman–Crippen LogP) is 3.87. The van der Waals surface area contributed by atoms with Crippen molar-refractivity contribution < 1.29 is 9.59 Å². The molecule has 0 bridgehead atoms. The molecule has 6 heteroatoms. The fraction of sp³-hybridized carbons (Fsp3) is 0.440. The van der Waals surface area contributed by atoms with Crippen LogP contribution in [-0.2, 0) is 11.2 Å². The number of nitrogens with zero attached hydrogens (tertiary/aromatic N) is 4. The molecule has 162 valence electrons. The van der Waals surface area contributed by atoms with E-state index in [2.05, 4.69) is 39.7 Å². The number of Topliss-reactive ketones (excluding diaryl/α,β-unsaturated/α-hetero) is 2. The van der Waals surface area contributed by atoms with Crippen molar-refractivity contribution in [2.45, 2.75) is 52.6 Å². The van der Waals surface area contributed by atoms with E-state index in [9.17, 15) is 9.59 Å². The van der Waals surface area contributed by atoms with E-state index < -0.39 is 0 Å². The minimum atomic E-state index is 0.0734. The summed E-state index contributed by atoms with van der Waals surface area (Å²) in [6.45, 7) is 10.9. The first-order valence-electron chi connectivity index (χ1n) is 11.1. The van der Waals surface area contributed by atoms with Crippen LogP contribution in [0.15, 0.2) is 36.2 Å². The van der Waals surface area contributed by atoms with Crippen LogP contribution >= 0.6 is 0 Å². The van der Waals surface area contributed by atoms with Gasteiger partial charge in [0, 0.05) is 50.8 Å². The molecule has 4 rings (SSSR count). The molecule has 2 aliphatic rings.